The lowest BCUT2D eigenvalue weighted by atomic mass is 9.85. The molecular formula is C18H29ClN2O3. The van der Waals surface area contributed by atoms with Crippen molar-refractivity contribution < 1.29 is 14.6 Å². The minimum atomic E-state index is -0.698. The Balaban J connectivity index is 0.00000288. The number of amides is 1. The second-order valence-corrected chi connectivity index (χ2v) is 6.38. The fourth-order valence-electron chi connectivity index (χ4n) is 3.05. The third kappa shape index (κ3) is 6.30. The molecule has 24 heavy (non-hydrogen) atoms. The Hall–Kier alpha value is -1.30. The average molecular weight is 357 g/mol. The number of ether oxygens (including phenoxy) is 1. The molecule has 1 aromatic rings. The Morgan fingerprint density at radius 2 is 2.12 bits per heavy atom. The van der Waals surface area contributed by atoms with E-state index in [1.165, 1.54) is 12.8 Å². The molecule has 0 spiro atoms. The van der Waals surface area contributed by atoms with Crippen LogP contribution in [0, 0.1) is 11.8 Å². The van der Waals surface area contributed by atoms with Crippen molar-refractivity contribution in [1.82, 2.24) is 10.6 Å². The van der Waals surface area contributed by atoms with Crippen LogP contribution in [0.2, 0.25) is 0 Å². The van der Waals surface area contributed by atoms with Crippen LogP contribution >= 0.6 is 12.4 Å². The van der Waals surface area contributed by atoms with Crippen molar-refractivity contribution in [2.24, 2.45) is 11.8 Å². The molecule has 1 aliphatic rings. The summed E-state index contributed by atoms with van der Waals surface area (Å²) in [5, 5.41) is 16.4. The largest absolute Gasteiger partial charge is 0.497 e. The van der Waals surface area contributed by atoms with Crippen molar-refractivity contribution >= 4 is 18.3 Å². The van der Waals surface area contributed by atoms with E-state index in [0.717, 1.165) is 24.4 Å². The average Bonchev–Trinajstić information content (AvgIpc) is 2.60. The zero-order chi connectivity index (χ0) is 16.7. The molecular weight excluding hydrogens is 328 g/mol. The van der Waals surface area contributed by atoms with Crippen molar-refractivity contribution in [1.29, 1.82) is 0 Å². The van der Waals surface area contributed by atoms with E-state index >= 15 is 0 Å². The van der Waals surface area contributed by atoms with E-state index in [0.29, 0.717) is 18.3 Å². The molecule has 6 heteroatoms. The van der Waals surface area contributed by atoms with Crippen LogP contribution in [0.25, 0.3) is 0 Å². The number of nitrogens with one attached hydrogen (secondary N) is 2. The minimum Gasteiger partial charge on any atom is -0.497 e. The van der Waals surface area contributed by atoms with Crippen LogP contribution in [0.5, 0.6) is 5.75 Å². The fraction of sp³-hybridized carbons (Fsp3) is 0.611. The monoisotopic (exact) mass is 356 g/mol. The number of halogens is 1. The van der Waals surface area contributed by atoms with Crippen LogP contribution in [0.1, 0.15) is 37.9 Å². The van der Waals surface area contributed by atoms with Gasteiger partial charge in [0, 0.05) is 13.0 Å². The third-order valence-corrected chi connectivity index (χ3v) is 4.64. The normalized spacial score (nSPS) is 19.7. The van der Waals surface area contributed by atoms with Gasteiger partial charge in [0.2, 0.25) is 5.91 Å². The second-order valence-electron chi connectivity index (χ2n) is 6.38. The smallest absolute Gasteiger partial charge is 0.220 e. The Morgan fingerprint density at radius 3 is 2.71 bits per heavy atom. The number of aliphatic hydroxyl groups excluding tert-OH is 1. The quantitative estimate of drug-likeness (QED) is 0.701. The molecule has 0 radical (unpaired) electrons. The number of methoxy groups -OCH3 is 1. The molecule has 1 aliphatic heterocycles. The Kier molecular flexibility index (Phi) is 9.11. The molecule has 3 N–H and O–H groups in total. The molecule has 0 saturated carbocycles. The molecule has 136 valence electrons. The molecule has 0 aliphatic carbocycles. The van der Waals surface area contributed by atoms with Gasteiger partial charge < -0.3 is 20.5 Å². The summed E-state index contributed by atoms with van der Waals surface area (Å²) < 4.78 is 5.09. The summed E-state index contributed by atoms with van der Waals surface area (Å²) in [4.78, 5) is 12.1. The molecule has 0 bridgehead atoms. The summed E-state index contributed by atoms with van der Waals surface area (Å²) >= 11 is 0. The number of rotatable bonds is 7. The summed E-state index contributed by atoms with van der Waals surface area (Å²) in [6, 6.07) is 7.23. The van der Waals surface area contributed by atoms with E-state index in [1.54, 1.807) is 19.2 Å². The molecule has 0 aromatic heterocycles. The molecule has 1 saturated heterocycles. The van der Waals surface area contributed by atoms with Crippen LogP contribution in [0.3, 0.4) is 0 Å². The number of hydrogen-bond acceptors (Lipinski definition) is 4. The number of benzene rings is 1. The van der Waals surface area contributed by atoms with Crippen molar-refractivity contribution in [3.05, 3.63) is 29.8 Å². The predicted molar refractivity (Wildman–Crippen MR) is 97.6 cm³/mol. The first-order chi connectivity index (χ1) is 11.1. The molecule has 1 aromatic carbocycles. The lowest BCUT2D eigenvalue weighted by molar-refractivity contribution is -0.122. The fourth-order valence-corrected chi connectivity index (χ4v) is 3.05. The Labute approximate surface area is 150 Å². The predicted octanol–water partition coefficient (Wildman–Crippen LogP) is 2.29. The van der Waals surface area contributed by atoms with Gasteiger partial charge in [0.1, 0.15) is 5.75 Å². The van der Waals surface area contributed by atoms with Crippen molar-refractivity contribution in [3.63, 3.8) is 0 Å². The third-order valence-electron chi connectivity index (χ3n) is 4.64. The summed E-state index contributed by atoms with van der Waals surface area (Å²) in [5.41, 5.74) is 0.774. The minimum absolute atomic E-state index is 0. The second kappa shape index (κ2) is 10.5. The molecule has 2 rings (SSSR count). The van der Waals surface area contributed by atoms with Crippen LogP contribution in [-0.4, -0.2) is 37.8 Å². The van der Waals surface area contributed by atoms with Crippen LogP contribution in [0.15, 0.2) is 24.3 Å². The van der Waals surface area contributed by atoms with Gasteiger partial charge in [-0.2, -0.15) is 0 Å². The van der Waals surface area contributed by atoms with E-state index in [1.807, 2.05) is 12.1 Å². The summed E-state index contributed by atoms with van der Waals surface area (Å²) in [7, 11) is 1.61. The first-order valence-corrected chi connectivity index (χ1v) is 8.39. The molecule has 5 nitrogen and oxygen atoms in total. The maximum Gasteiger partial charge on any atom is 0.220 e. The van der Waals surface area contributed by atoms with Crippen molar-refractivity contribution in [2.45, 2.75) is 32.3 Å². The van der Waals surface area contributed by atoms with E-state index in [9.17, 15) is 9.90 Å². The SMILES string of the molecule is COc1ccc(C(O)CNC(=O)CC(C)C2CCCNC2)cc1.Cl. The van der Waals surface area contributed by atoms with Gasteiger partial charge >= 0.3 is 0 Å². The highest BCUT2D eigenvalue weighted by Gasteiger charge is 2.22. The van der Waals surface area contributed by atoms with Crippen molar-refractivity contribution in [2.75, 3.05) is 26.7 Å². The maximum atomic E-state index is 12.1. The molecule has 1 fully saturated rings. The Morgan fingerprint density at radius 1 is 1.42 bits per heavy atom. The van der Waals surface area contributed by atoms with Crippen LogP contribution in [-0.2, 0) is 4.79 Å². The van der Waals surface area contributed by atoms with Crippen LogP contribution < -0.4 is 15.4 Å². The number of aliphatic hydroxyl groups is 1. The summed E-state index contributed by atoms with van der Waals surface area (Å²) in [6.07, 6.45) is 2.20. The lowest BCUT2D eigenvalue weighted by Gasteiger charge is -2.28. The van der Waals surface area contributed by atoms with Crippen LogP contribution in [0.4, 0.5) is 0 Å². The highest BCUT2D eigenvalue weighted by molar-refractivity contribution is 5.85. The van der Waals surface area contributed by atoms with Gasteiger partial charge in [-0.1, -0.05) is 19.1 Å². The highest BCUT2D eigenvalue weighted by atomic mass is 35.5. The Bertz CT molecular complexity index is 490. The van der Waals surface area contributed by atoms with E-state index in [4.69, 9.17) is 4.74 Å². The summed E-state index contributed by atoms with van der Waals surface area (Å²) in [5.74, 6) is 1.69. The first kappa shape index (κ1) is 20.7. The van der Waals surface area contributed by atoms with E-state index in [-0.39, 0.29) is 24.9 Å². The van der Waals surface area contributed by atoms with Gasteiger partial charge in [0.15, 0.2) is 0 Å². The first-order valence-electron chi connectivity index (χ1n) is 8.39. The maximum absolute atomic E-state index is 12.1. The van der Waals surface area contributed by atoms with E-state index < -0.39 is 6.10 Å². The number of carbonyl (C=O) groups is 1. The van der Waals surface area contributed by atoms with Gasteiger partial charge in [-0.3, -0.25) is 4.79 Å². The lowest BCUT2D eigenvalue weighted by Crippen LogP contribution is -2.36. The van der Waals surface area contributed by atoms with Gasteiger partial charge in [-0.05, 0) is 55.5 Å². The number of carbonyl (C=O) groups excluding carboxylic acids is 1. The zero-order valence-corrected chi connectivity index (χ0v) is 15.3. The number of hydrogen-bond donors (Lipinski definition) is 3. The van der Waals surface area contributed by atoms with E-state index in [2.05, 4.69) is 17.6 Å². The molecule has 3 unspecified atom stereocenters. The highest BCUT2D eigenvalue weighted by Crippen LogP contribution is 2.22. The zero-order valence-electron chi connectivity index (χ0n) is 14.5. The number of piperidine rings is 1. The molecule has 1 amide bonds. The van der Waals surface area contributed by atoms with Gasteiger partial charge in [0.25, 0.3) is 0 Å². The van der Waals surface area contributed by atoms with Gasteiger partial charge in [-0.15, -0.1) is 12.4 Å². The molecule has 1 heterocycles. The van der Waals surface area contributed by atoms with Crippen molar-refractivity contribution in [3.8, 4) is 5.75 Å². The standard InChI is InChI=1S/C18H28N2O3.ClH/c1-13(15-4-3-9-19-11-15)10-18(22)20-12-17(21)14-5-7-16(23-2)8-6-14;/h5-8,13,15,17,19,21H,3-4,9-12H2,1-2H3,(H,20,22);1H. The molecule has 3 atom stereocenters. The van der Waals surface area contributed by atoms with Gasteiger partial charge in [-0.25, -0.2) is 0 Å². The topological polar surface area (TPSA) is 70.6 Å². The van der Waals surface area contributed by atoms with Gasteiger partial charge in [0.05, 0.1) is 13.2 Å². The summed E-state index contributed by atoms with van der Waals surface area (Å²) in [6.45, 7) is 4.46.